The maximum atomic E-state index is 9.66. The molecule has 0 fully saturated rings. The molecule has 0 radical (unpaired) electrons. The number of aryl methyl sites for hydroxylation is 1. The first-order chi connectivity index (χ1) is 7.63. The monoisotopic (exact) mass is 238 g/mol. The summed E-state index contributed by atoms with van der Waals surface area (Å²) in [6.07, 6.45) is 2.22. The molecular weight excluding hydrogens is 220 g/mol. The molecule has 0 saturated heterocycles. The van der Waals surface area contributed by atoms with Crippen molar-refractivity contribution in [3.63, 3.8) is 0 Å². The van der Waals surface area contributed by atoms with Crippen molar-refractivity contribution >= 4 is 23.0 Å². The van der Waals surface area contributed by atoms with Crippen LogP contribution in [0.3, 0.4) is 0 Å². The predicted molar refractivity (Wildman–Crippen MR) is 72.0 cm³/mol. The van der Waals surface area contributed by atoms with Crippen LogP contribution >= 0.6 is 12.2 Å². The van der Waals surface area contributed by atoms with Crippen molar-refractivity contribution in [3.8, 4) is 5.75 Å². The van der Waals surface area contributed by atoms with E-state index in [9.17, 15) is 5.11 Å². The van der Waals surface area contributed by atoms with Crippen molar-refractivity contribution < 1.29 is 5.11 Å². The molecule has 16 heavy (non-hydrogen) atoms. The maximum Gasteiger partial charge on any atom is 0.170 e. The van der Waals surface area contributed by atoms with Crippen molar-refractivity contribution in [1.82, 2.24) is 5.32 Å². The Hall–Kier alpha value is -1.29. The van der Waals surface area contributed by atoms with Gasteiger partial charge in [-0.3, -0.25) is 0 Å². The molecule has 0 bridgehead atoms. The summed E-state index contributed by atoms with van der Waals surface area (Å²) >= 11 is 5.11. The first kappa shape index (κ1) is 12.8. The molecule has 0 aliphatic rings. The summed E-state index contributed by atoms with van der Waals surface area (Å²) in [6.45, 7) is 4.92. The quantitative estimate of drug-likeness (QED) is 0.429. The van der Waals surface area contributed by atoms with Crippen molar-refractivity contribution in [2.24, 2.45) is 0 Å². The Morgan fingerprint density at radius 2 is 2.19 bits per heavy atom. The highest BCUT2D eigenvalue weighted by Crippen LogP contribution is 2.23. The van der Waals surface area contributed by atoms with Crippen LogP contribution in [0.4, 0.5) is 5.69 Å². The second kappa shape index (κ2) is 6.33. The standard InChI is InChI=1S/C12H18N2OS/c1-3-4-7-13-12(16)14-10-6-5-9(2)8-11(10)15/h5-6,8,15H,3-4,7H2,1-2H3,(H2,13,14,16). The van der Waals surface area contributed by atoms with E-state index in [1.54, 1.807) is 6.07 Å². The molecule has 0 unspecified atom stereocenters. The molecular formula is C12H18N2OS. The minimum atomic E-state index is 0.222. The van der Waals surface area contributed by atoms with Gasteiger partial charge >= 0.3 is 0 Å². The molecule has 0 heterocycles. The lowest BCUT2D eigenvalue weighted by atomic mass is 10.2. The van der Waals surface area contributed by atoms with Gasteiger partial charge in [0.1, 0.15) is 5.75 Å². The van der Waals surface area contributed by atoms with Gasteiger partial charge in [0.25, 0.3) is 0 Å². The second-order valence-electron chi connectivity index (χ2n) is 3.76. The summed E-state index contributed by atoms with van der Waals surface area (Å²) in [6, 6.07) is 5.45. The van der Waals surface area contributed by atoms with Crippen LogP contribution in [0.5, 0.6) is 5.75 Å². The average Bonchev–Trinajstić information content (AvgIpc) is 2.23. The number of hydrogen-bond acceptors (Lipinski definition) is 2. The fourth-order valence-corrected chi connectivity index (χ4v) is 1.50. The maximum absolute atomic E-state index is 9.66. The molecule has 0 atom stereocenters. The molecule has 3 N–H and O–H groups in total. The molecule has 0 aromatic heterocycles. The molecule has 0 spiro atoms. The van der Waals surface area contributed by atoms with E-state index in [1.807, 2.05) is 19.1 Å². The summed E-state index contributed by atoms with van der Waals surface area (Å²) in [4.78, 5) is 0. The topological polar surface area (TPSA) is 44.3 Å². The smallest absolute Gasteiger partial charge is 0.170 e. The average molecular weight is 238 g/mol. The first-order valence-corrected chi connectivity index (χ1v) is 5.88. The van der Waals surface area contributed by atoms with E-state index in [1.165, 1.54) is 0 Å². The van der Waals surface area contributed by atoms with Crippen LogP contribution in [0.15, 0.2) is 18.2 Å². The fraction of sp³-hybridized carbons (Fsp3) is 0.417. The van der Waals surface area contributed by atoms with Crippen molar-refractivity contribution in [2.45, 2.75) is 26.7 Å². The number of nitrogens with one attached hydrogen (secondary N) is 2. The number of aromatic hydroxyl groups is 1. The lowest BCUT2D eigenvalue weighted by Crippen LogP contribution is -2.29. The Bertz CT molecular complexity index is 366. The number of thiocarbonyl (C=S) groups is 1. The van der Waals surface area contributed by atoms with Crippen LogP contribution in [-0.4, -0.2) is 16.8 Å². The van der Waals surface area contributed by atoms with Gasteiger partial charge in [0, 0.05) is 6.54 Å². The van der Waals surface area contributed by atoms with E-state index < -0.39 is 0 Å². The van der Waals surface area contributed by atoms with Crippen LogP contribution in [0, 0.1) is 6.92 Å². The number of hydrogen-bond donors (Lipinski definition) is 3. The van der Waals surface area contributed by atoms with E-state index in [4.69, 9.17) is 12.2 Å². The Balaban J connectivity index is 2.49. The first-order valence-electron chi connectivity index (χ1n) is 5.48. The van der Waals surface area contributed by atoms with E-state index in [0.717, 1.165) is 24.9 Å². The minimum Gasteiger partial charge on any atom is -0.506 e. The zero-order valence-electron chi connectivity index (χ0n) is 9.71. The fourth-order valence-electron chi connectivity index (χ4n) is 1.29. The molecule has 1 aromatic carbocycles. The minimum absolute atomic E-state index is 0.222. The van der Waals surface area contributed by atoms with Gasteiger partial charge in [-0.25, -0.2) is 0 Å². The lowest BCUT2D eigenvalue weighted by Gasteiger charge is -2.11. The van der Waals surface area contributed by atoms with Gasteiger partial charge in [-0.05, 0) is 43.3 Å². The van der Waals surface area contributed by atoms with Crippen molar-refractivity contribution in [2.75, 3.05) is 11.9 Å². The van der Waals surface area contributed by atoms with Gasteiger partial charge in [-0.15, -0.1) is 0 Å². The summed E-state index contributed by atoms with van der Waals surface area (Å²) < 4.78 is 0. The van der Waals surface area contributed by atoms with E-state index >= 15 is 0 Å². The molecule has 3 nitrogen and oxygen atoms in total. The third-order valence-electron chi connectivity index (χ3n) is 2.22. The normalized spacial score (nSPS) is 9.88. The SMILES string of the molecule is CCCCNC(=S)Nc1ccc(C)cc1O. The van der Waals surface area contributed by atoms with Crippen LogP contribution in [0.2, 0.25) is 0 Å². The third-order valence-corrected chi connectivity index (χ3v) is 2.46. The Morgan fingerprint density at radius 1 is 1.44 bits per heavy atom. The molecule has 0 aliphatic carbocycles. The molecule has 0 aliphatic heterocycles. The van der Waals surface area contributed by atoms with Gasteiger partial charge in [0.2, 0.25) is 0 Å². The molecule has 0 saturated carbocycles. The number of phenolic OH excluding ortho intramolecular Hbond substituents is 1. The molecule has 1 aromatic rings. The number of rotatable bonds is 4. The van der Waals surface area contributed by atoms with Gasteiger partial charge in [0.05, 0.1) is 5.69 Å². The summed E-state index contributed by atoms with van der Waals surface area (Å²) in [5.41, 5.74) is 1.66. The highest BCUT2D eigenvalue weighted by molar-refractivity contribution is 7.80. The Morgan fingerprint density at radius 3 is 2.81 bits per heavy atom. The van der Waals surface area contributed by atoms with Crippen LogP contribution < -0.4 is 10.6 Å². The molecule has 1 rings (SSSR count). The number of benzene rings is 1. The lowest BCUT2D eigenvalue weighted by molar-refractivity contribution is 0.477. The number of phenols is 1. The molecule has 4 heteroatoms. The van der Waals surface area contributed by atoms with Crippen LogP contribution in [-0.2, 0) is 0 Å². The van der Waals surface area contributed by atoms with Crippen LogP contribution in [0.25, 0.3) is 0 Å². The molecule has 88 valence electrons. The molecule has 0 amide bonds. The Labute approximate surface area is 102 Å². The van der Waals surface area contributed by atoms with E-state index in [-0.39, 0.29) is 5.75 Å². The van der Waals surface area contributed by atoms with Crippen molar-refractivity contribution in [3.05, 3.63) is 23.8 Å². The zero-order chi connectivity index (χ0) is 12.0. The summed E-state index contributed by atoms with van der Waals surface area (Å²) in [7, 11) is 0. The predicted octanol–water partition coefficient (Wildman–Crippen LogP) is 2.79. The van der Waals surface area contributed by atoms with Crippen molar-refractivity contribution in [1.29, 1.82) is 0 Å². The van der Waals surface area contributed by atoms with E-state index in [2.05, 4.69) is 17.6 Å². The van der Waals surface area contributed by atoms with Gasteiger partial charge in [-0.1, -0.05) is 19.4 Å². The third kappa shape index (κ3) is 4.06. The van der Waals surface area contributed by atoms with Gasteiger partial charge in [0.15, 0.2) is 5.11 Å². The van der Waals surface area contributed by atoms with Gasteiger partial charge in [-0.2, -0.15) is 0 Å². The van der Waals surface area contributed by atoms with E-state index in [0.29, 0.717) is 10.8 Å². The highest BCUT2D eigenvalue weighted by atomic mass is 32.1. The summed E-state index contributed by atoms with van der Waals surface area (Å²) in [5.74, 6) is 0.222. The largest absolute Gasteiger partial charge is 0.506 e. The van der Waals surface area contributed by atoms with Gasteiger partial charge < -0.3 is 15.7 Å². The number of unbranched alkanes of at least 4 members (excludes halogenated alkanes) is 1. The Kier molecular flexibility index (Phi) is 5.05. The zero-order valence-corrected chi connectivity index (χ0v) is 10.5. The van der Waals surface area contributed by atoms with Crippen LogP contribution in [0.1, 0.15) is 25.3 Å². The number of anilines is 1. The second-order valence-corrected chi connectivity index (χ2v) is 4.16. The summed E-state index contributed by atoms with van der Waals surface area (Å²) in [5, 5.41) is 16.3. The highest BCUT2D eigenvalue weighted by Gasteiger charge is 2.02.